The Morgan fingerprint density at radius 1 is 0.918 bits per heavy atom. The molecule has 0 saturated carbocycles. The quantitative estimate of drug-likeness (QED) is 0.0746. The molecular formula is C52H54F3N7O8S3. The van der Waals surface area contributed by atoms with Crippen LogP contribution in [0.25, 0.3) is 16.9 Å². The van der Waals surface area contributed by atoms with Gasteiger partial charge < -0.3 is 25.0 Å². The number of anilines is 2. The van der Waals surface area contributed by atoms with E-state index >= 15 is 0 Å². The van der Waals surface area contributed by atoms with E-state index in [1.165, 1.54) is 83.2 Å². The third-order valence-electron chi connectivity index (χ3n) is 11.9. The van der Waals surface area contributed by atoms with Gasteiger partial charge in [0.05, 0.1) is 22.7 Å². The van der Waals surface area contributed by atoms with Gasteiger partial charge in [0.2, 0.25) is 15.9 Å². The number of carbonyl (C=O) groups is 4. The number of thioether (sulfide) groups is 1. The molecule has 0 aliphatic carbocycles. The maximum atomic E-state index is 13.1. The van der Waals surface area contributed by atoms with Gasteiger partial charge in [0, 0.05) is 46.6 Å². The molecule has 1 saturated heterocycles. The number of carboxylic acids is 1. The number of benzene rings is 4. The van der Waals surface area contributed by atoms with E-state index in [2.05, 4.69) is 82.8 Å². The number of nitrogens with two attached hydrogens (primary N) is 1. The van der Waals surface area contributed by atoms with Crippen molar-refractivity contribution in [2.45, 2.75) is 62.0 Å². The van der Waals surface area contributed by atoms with Crippen molar-refractivity contribution >= 4 is 68.2 Å². The zero-order valence-electron chi connectivity index (χ0n) is 40.3. The average molecular weight is 1060 g/mol. The highest BCUT2D eigenvalue weighted by Crippen LogP contribution is 2.41. The van der Waals surface area contributed by atoms with E-state index in [-0.39, 0.29) is 40.9 Å². The lowest BCUT2D eigenvalue weighted by atomic mass is 10.0. The first-order chi connectivity index (χ1) is 34.7. The van der Waals surface area contributed by atoms with Crippen LogP contribution in [-0.2, 0) is 59.4 Å². The molecule has 2 aromatic heterocycles. The third kappa shape index (κ3) is 13.4. The summed E-state index contributed by atoms with van der Waals surface area (Å²) in [6, 6.07) is 33.7. The number of hydrogen-bond acceptors (Lipinski definition) is 12. The number of esters is 1. The summed E-state index contributed by atoms with van der Waals surface area (Å²) in [5.74, 6) is -2.23. The number of carbonyl (C=O) groups excluding carboxylic acids is 3. The highest BCUT2D eigenvalue weighted by Gasteiger charge is 2.54. The number of halogens is 3. The summed E-state index contributed by atoms with van der Waals surface area (Å²) in [7, 11) is 0.390. The summed E-state index contributed by atoms with van der Waals surface area (Å²) in [5.41, 5.74) is 6.92. The van der Waals surface area contributed by atoms with Crippen LogP contribution in [-0.4, -0.2) is 108 Å². The lowest BCUT2D eigenvalue weighted by Crippen LogP contribution is -2.70. The highest BCUT2D eigenvalue weighted by molar-refractivity contribution is 8.00. The Bertz CT molecular complexity index is 3040. The van der Waals surface area contributed by atoms with Crippen molar-refractivity contribution in [2.75, 3.05) is 44.4 Å². The van der Waals surface area contributed by atoms with Crippen molar-refractivity contribution in [3.05, 3.63) is 159 Å². The Balaban J connectivity index is 0.000000161. The summed E-state index contributed by atoms with van der Waals surface area (Å²) in [4.78, 5) is 53.8. The molecule has 0 radical (unpaired) electrons. The van der Waals surface area contributed by atoms with E-state index in [9.17, 15) is 45.9 Å². The number of amides is 2. The van der Waals surface area contributed by atoms with Gasteiger partial charge in [-0.15, -0.1) is 23.1 Å². The van der Waals surface area contributed by atoms with Crippen LogP contribution >= 0.6 is 23.1 Å². The average Bonchev–Trinajstić information content (AvgIpc) is 4.02. The summed E-state index contributed by atoms with van der Waals surface area (Å²) in [5, 5.41) is 22.2. The van der Waals surface area contributed by atoms with E-state index in [4.69, 9.17) is 9.88 Å². The normalized spacial score (nSPS) is 16.1. The number of sulfonamides is 1. The second-order valence-electron chi connectivity index (χ2n) is 17.5. The first-order valence-electron chi connectivity index (χ1n) is 23.0. The van der Waals surface area contributed by atoms with Crippen LogP contribution in [0, 0.1) is 6.92 Å². The fraction of sp³-hybridized carbons (Fsp3) is 0.288. The van der Waals surface area contributed by atoms with Crippen molar-refractivity contribution in [3.8, 4) is 16.9 Å². The number of nitrogens with one attached hydrogen (secondary N) is 1. The topological polar surface area (TPSA) is 197 Å². The van der Waals surface area contributed by atoms with E-state index in [0.717, 1.165) is 52.0 Å². The van der Waals surface area contributed by atoms with E-state index < -0.39 is 51.2 Å². The monoisotopic (exact) mass is 1060 g/mol. The van der Waals surface area contributed by atoms with Crippen molar-refractivity contribution in [1.82, 2.24) is 24.9 Å². The van der Waals surface area contributed by atoms with Crippen molar-refractivity contribution in [3.63, 3.8) is 0 Å². The van der Waals surface area contributed by atoms with Gasteiger partial charge in [-0.1, -0.05) is 72.3 Å². The van der Waals surface area contributed by atoms with Gasteiger partial charge in [-0.2, -0.15) is 18.3 Å². The van der Waals surface area contributed by atoms with Crippen LogP contribution in [0.5, 0.6) is 0 Å². The number of para-hydroxylation sites is 2. The van der Waals surface area contributed by atoms with Gasteiger partial charge in [0.25, 0.3) is 5.91 Å². The molecule has 3 aliphatic heterocycles. The molecule has 384 valence electrons. The molecule has 0 spiro atoms. The molecule has 73 heavy (non-hydrogen) atoms. The van der Waals surface area contributed by atoms with Crippen molar-refractivity contribution in [2.24, 2.45) is 5.14 Å². The number of aliphatic carboxylic acids is 1. The Hall–Kier alpha value is -6.78. The summed E-state index contributed by atoms with van der Waals surface area (Å²) in [6.07, 6.45) is -0.978. The predicted molar refractivity (Wildman–Crippen MR) is 275 cm³/mol. The molecule has 4 aromatic carbocycles. The predicted octanol–water partition coefficient (Wildman–Crippen LogP) is 7.98. The van der Waals surface area contributed by atoms with Gasteiger partial charge >= 0.3 is 18.1 Å². The number of alkyl halides is 3. The van der Waals surface area contributed by atoms with Crippen LogP contribution < -0.4 is 15.4 Å². The molecule has 1 fully saturated rings. The molecule has 2 atom stereocenters. The molecule has 0 unspecified atom stereocenters. The minimum absolute atomic E-state index is 0.138. The summed E-state index contributed by atoms with van der Waals surface area (Å²) in [6.45, 7) is 5.13. The lowest BCUT2D eigenvalue weighted by Gasteiger charge is -2.49. The van der Waals surface area contributed by atoms with Gasteiger partial charge in [0.1, 0.15) is 23.7 Å². The van der Waals surface area contributed by atoms with Crippen LogP contribution in [0.4, 0.5) is 24.5 Å². The SMILES string of the molecule is CC(=O)OCC1=C(C(=O)O)N2C(=O)[C@@H](NC(=O)Cc3cccs3)[C@H]2SC1.CN(C)CCCN1c2ccccc2CCc2ccccc21.Cc1ccc(-c2cc(C(F)(F)F)nn2-c2ccc(S(N)(=O)=O)cc2)cc1. The number of nitrogens with zero attached hydrogens (tertiary/aromatic N) is 5. The second-order valence-corrected chi connectivity index (χ2v) is 21.2. The molecular weight excluding hydrogens is 1000 g/mol. The molecule has 21 heteroatoms. The molecule has 0 bridgehead atoms. The smallest absolute Gasteiger partial charge is 0.435 e. The number of aromatic nitrogens is 2. The Morgan fingerprint density at radius 3 is 2.10 bits per heavy atom. The van der Waals surface area contributed by atoms with Gasteiger partial charge in [-0.25, -0.2) is 23.0 Å². The minimum Gasteiger partial charge on any atom is -0.477 e. The first kappa shape index (κ1) is 54.0. The maximum absolute atomic E-state index is 13.1. The molecule has 3 aliphatic rings. The Kier molecular flexibility index (Phi) is 17.3. The first-order valence-corrected chi connectivity index (χ1v) is 26.5. The summed E-state index contributed by atoms with van der Waals surface area (Å²) < 4.78 is 68.1. The van der Waals surface area contributed by atoms with Crippen LogP contribution in [0.2, 0.25) is 0 Å². The number of fused-ring (bicyclic) bond motifs is 3. The largest absolute Gasteiger partial charge is 0.477 e. The maximum Gasteiger partial charge on any atom is 0.435 e. The van der Waals surface area contributed by atoms with E-state index in [1.807, 2.05) is 24.4 Å². The number of primary sulfonamides is 1. The van der Waals surface area contributed by atoms with Gasteiger partial charge in [-0.05, 0) is 112 Å². The fourth-order valence-electron chi connectivity index (χ4n) is 8.36. The zero-order valence-corrected chi connectivity index (χ0v) is 42.8. The molecule has 15 nitrogen and oxygen atoms in total. The van der Waals surface area contributed by atoms with Crippen molar-refractivity contribution in [1.29, 1.82) is 0 Å². The number of ether oxygens (including phenoxy) is 1. The van der Waals surface area contributed by atoms with Crippen LogP contribution in [0.3, 0.4) is 0 Å². The lowest BCUT2D eigenvalue weighted by molar-refractivity contribution is -0.151. The van der Waals surface area contributed by atoms with Crippen LogP contribution in [0.1, 0.15) is 40.6 Å². The Labute approximate surface area is 429 Å². The minimum atomic E-state index is -4.61. The number of rotatable bonds is 13. The molecule has 6 aromatic rings. The second kappa shape index (κ2) is 23.4. The van der Waals surface area contributed by atoms with Gasteiger partial charge in [-0.3, -0.25) is 19.3 Å². The zero-order chi connectivity index (χ0) is 52.6. The van der Waals surface area contributed by atoms with Crippen molar-refractivity contribution < 1.29 is 50.6 Å². The molecule has 4 N–H and O–H groups in total. The number of thiophene rings is 1. The third-order valence-corrected chi connectivity index (χ3v) is 15.0. The van der Waals surface area contributed by atoms with Gasteiger partial charge in [0.15, 0.2) is 5.69 Å². The highest BCUT2D eigenvalue weighted by atomic mass is 32.2. The van der Waals surface area contributed by atoms with E-state index in [1.54, 1.807) is 24.3 Å². The fourth-order valence-corrected chi connectivity index (χ4v) is 10.9. The molecule has 2 amide bonds. The number of carboxylic acid groups (broad SMARTS) is 1. The summed E-state index contributed by atoms with van der Waals surface area (Å²) >= 11 is 2.79. The Morgan fingerprint density at radius 2 is 1.55 bits per heavy atom. The molecule has 9 rings (SSSR count). The number of β-lactam (4-membered cyclic amide) rings is 1. The number of aryl methyl sites for hydroxylation is 3. The number of hydrogen-bond donors (Lipinski definition) is 3. The molecule has 5 heterocycles. The standard InChI is InChI=1S/C19H24N2.C17H14F3N3O2S.C16H16N2O6S2/c1-20(2)14-7-15-21-18-10-5-3-8-16(18)12-13-17-9-4-6-11-19(17)21;1-11-2-4-12(5-3-11)15-10-16(17(18,19)20)22-23(15)13-6-8-14(9-7-13)26(21,24)25;1-8(19)24-6-9-7-26-15-12(14(21)18(15)13(9)16(22)23)17-11(20)5-10-3-2-4-25-10/h3-6,8-11H,7,12-15H2,1-2H3;2-10H,1H3,(H2,21,24,25);2-4,12,15H,5-7H2,1H3,(H,17,20)(H,22,23)/t;;12-,15-/m..1/s1. The van der Waals surface area contributed by atoms with E-state index in [0.29, 0.717) is 16.9 Å². The van der Waals surface area contributed by atoms with Crippen LogP contribution in [0.15, 0.2) is 137 Å².